The number of hydrogen-bond donors (Lipinski definition) is 1. The molecular formula is C22H22ClNO4. The summed E-state index contributed by atoms with van der Waals surface area (Å²) in [5, 5.41) is 3.43. The van der Waals surface area contributed by atoms with E-state index in [9.17, 15) is 14.4 Å². The van der Waals surface area contributed by atoms with E-state index in [4.69, 9.17) is 16.3 Å². The normalized spacial score (nSPS) is 15.1. The van der Waals surface area contributed by atoms with Crippen LogP contribution in [0.5, 0.6) is 0 Å². The van der Waals surface area contributed by atoms with E-state index >= 15 is 0 Å². The van der Waals surface area contributed by atoms with E-state index in [1.807, 2.05) is 0 Å². The molecule has 6 heteroatoms. The van der Waals surface area contributed by atoms with Crippen molar-refractivity contribution in [1.29, 1.82) is 0 Å². The highest BCUT2D eigenvalue weighted by Gasteiger charge is 2.25. The van der Waals surface area contributed by atoms with Crippen molar-refractivity contribution in [3.05, 3.63) is 70.2 Å². The first-order chi connectivity index (χ1) is 13.5. The average molecular weight is 400 g/mol. The number of rotatable bonds is 6. The zero-order valence-electron chi connectivity index (χ0n) is 15.6. The summed E-state index contributed by atoms with van der Waals surface area (Å²) in [7, 11) is 0. The maximum Gasteiger partial charge on any atom is 0.339 e. The van der Waals surface area contributed by atoms with Crippen LogP contribution < -0.4 is 5.32 Å². The van der Waals surface area contributed by atoms with Crippen molar-refractivity contribution in [2.75, 3.05) is 0 Å². The van der Waals surface area contributed by atoms with Gasteiger partial charge in [0.15, 0.2) is 11.9 Å². The Morgan fingerprint density at radius 3 is 2.25 bits per heavy atom. The van der Waals surface area contributed by atoms with Gasteiger partial charge in [-0.2, -0.15) is 0 Å². The van der Waals surface area contributed by atoms with E-state index in [0.29, 0.717) is 10.6 Å². The van der Waals surface area contributed by atoms with Crippen LogP contribution in [0.3, 0.4) is 0 Å². The first-order valence-corrected chi connectivity index (χ1v) is 9.74. The third kappa shape index (κ3) is 4.78. The molecule has 1 aliphatic rings. The third-order valence-corrected chi connectivity index (χ3v) is 5.10. The lowest BCUT2D eigenvalue weighted by Crippen LogP contribution is -2.41. The second kappa shape index (κ2) is 9.02. The van der Waals surface area contributed by atoms with Gasteiger partial charge in [0.25, 0.3) is 5.91 Å². The van der Waals surface area contributed by atoms with Crippen LogP contribution in [0, 0.1) is 0 Å². The van der Waals surface area contributed by atoms with Crippen molar-refractivity contribution >= 4 is 29.3 Å². The Hall–Kier alpha value is -2.66. The van der Waals surface area contributed by atoms with Crippen molar-refractivity contribution in [1.82, 2.24) is 5.32 Å². The molecule has 146 valence electrons. The lowest BCUT2D eigenvalue weighted by molar-refractivity contribution is -0.129. The minimum atomic E-state index is -0.938. The molecular weight excluding hydrogens is 378 g/mol. The van der Waals surface area contributed by atoms with Gasteiger partial charge in [-0.25, -0.2) is 4.79 Å². The van der Waals surface area contributed by atoms with Crippen molar-refractivity contribution in [3.8, 4) is 0 Å². The fourth-order valence-corrected chi connectivity index (χ4v) is 3.41. The summed E-state index contributed by atoms with van der Waals surface area (Å²) in [4.78, 5) is 37.7. The molecule has 5 nitrogen and oxygen atoms in total. The van der Waals surface area contributed by atoms with Crippen LogP contribution in [0.25, 0.3) is 0 Å². The van der Waals surface area contributed by atoms with Crippen LogP contribution in [0.15, 0.2) is 48.5 Å². The van der Waals surface area contributed by atoms with Crippen LogP contribution >= 0.6 is 11.6 Å². The highest BCUT2D eigenvalue weighted by atomic mass is 35.5. The van der Waals surface area contributed by atoms with Gasteiger partial charge in [0, 0.05) is 22.2 Å². The summed E-state index contributed by atoms with van der Waals surface area (Å²) in [6.07, 6.45) is 3.15. The van der Waals surface area contributed by atoms with Crippen LogP contribution in [-0.2, 0) is 9.53 Å². The second-order valence-electron chi connectivity index (χ2n) is 6.92. The molecule has 1 aliphatic carbocycles. The highest BCUT2D eigenvalue weighted by Crippen LogP contribution is 2.20. The van der Waals surface area contributed by atoms with Crippen LogP contribution in [0.4, 0.5) is 0 Å². The highest BCUT2D eigenvalue weighted by molar-refractivity contribution is 6.30. The van der Waals surface area contributed by atoms with Crippen molar-refractivity contribution in [2.45, 2.75) is 44.8 Å². The lowest BCUT2D eigenvalue weighted by atomic mass is 9.98. The Bertz CT molecular complexity index is 872. The molecule has 2 aromatic carbocycles. The Morgan fingerprint density at radius 1 is 1.00 bits per heavy atom. The van der Waals surface area contributed by atoms with Gasteiger partial charge in [-0.15, -0.1) is 0 Å². The van der Waals surface area contributed by atoms with E-state index < -0.39 is 12.1 Å². The van der Waals surface area contributed by atoms with Gasteiger partial charge in [-0.05, 0) is 50.1 Å². The van der Waals surface area contributed by atoms with Crippen molar-refractivity contribution in [3.63, 3.8) is 0 Å². The fraction of sp³-hybridized carbons (Fsp3) is 0.318. The number of halogens is 1. The van der Waals surface area contributed by atoms with Crippen LogP contribution in [-0.4, -0.2) is 29.8 Å². The molecule has 1 fully saturated rings. The molecule has 0 aromatic heterocycles. The van der Waals surface area contributed by atoms with Gasteiger partial charge in [0.05, 0.1) is 5.56 Å². The summed E-state index contributed by atoms with van der Waals surface area (Å²) in [6.45, 7) is 1.53. The van der Waals surface area contributed by atoms with Gasteiger partial charge >= 0.3 is 5.97 Å². The minimum absolute atomic E-state index is 0.128. The van der Waals surface area contributed by atoms with Gasteiger partial charge in [0.2, 0.25) is 0 Å². The zero-order valence-corrected chi connectivity index (χ0v) is 16.4. The Morgan fingerprint density at radius 2 is 1.61 bits per heavy atom. The van der Waals surface area contributed by atoms with Crippen molar-refractivity contribution in [2.24, 2.45) is 0 Å². The number of esters is 1. The molecule has 1 unspecified atom stereocenters. The van der Waals surface area contributed by atoms with Gasteiger partial charge in [-0.1, -0.05) is 42.6 Å². The number of amides is 1. The predicted octanol–water partition coefficient (Wildman–Crippen LogP) is 4.18. The van der Waals surface area contributed by atoms with Crippen molar-refractivity contribution < 1.29 is 19.1 Å². The molecule has 0 heterocycles. The number of nitrogens with one attached hydrogen (secondary N) is 1. The maximum absolute atomic E-state index is 12.8. The van der Waals surface area contributed by atoms with E-state index in [0.717, 1.165) is 25.7 Å². The second-order valence-corrected chi connectivity index (χ2v) is 7.36. The fourth-order valence-electron chi connectivity index (χ4n) is 3.28. The molecule has 3 rings (SSSR count). The predicted molar refractivity (Wildman–Crippen MR) is 107 cm³/mol. The number of carbonyl (C=O) groups is 3. The molecule has 1 amide bonds. The molecule has 2 aromatic rings. The standard InChI is InChI=1S/C22H22ClNO4/c1-14(21(26)24-17-6-2-3-7-17)28-22(27)19-9-5-4-8-18(19)20(25)15-10-12-16(23)13-11-15/h4-5,8-14,17H,2-3,6-7H2,1H3,(H,24,26). The number of benzene rings is 2. The summed E-state index contributed by atoms with van der Waals surface area (Å²) in [5.74, 6) is -1.33. The average Bonchev–Trinajstić information content (AvgIpc) is 3.21. The smallest absolute Gasteiger partial charge is 0.339 e. The van der Waals surface area contributed by atoms with E-state index in [2.05, 4.69) is 5.32 Å². The molecule has 0 saturated heterocycles. The van der Waals surface area contributed by atoms with Crippen LogP contribution in [0.1, 0.15) is 58.9 Å². The quantitative estimate of drug-likeness (QED) is 0.584. The largest absolute Gasteiger partial charge is 0.449 e. The Balaban J connectivity index is 1.72. The first kappa shape index (κ1) is 20.1. The van der Waals surface area contributed by atoms with Gasteiger partial charge in [0.1, 0.15) is 0 Å². The summed E-state index contributed by atoms with van der Waals surface area (Å²) in [5.41, 5.74) is 0.762. The number of hydrogen-bond acceptors (Lipinski definition) is 4. The monoisotopic (exact) mass is 399 g/mol. The summed E-state index contributed by atoms with van der Waals surface area (Å²) in [6, 6.07) is 13.0. The summed E-state index contributed by atoms with van der Waals surface area (Å²) >= 11 is 5.87. The maximum atomic E-state index is 12.8. The van der Waals surface area contributed by atoms with Gasteiger partial charge < -0.3 is 10.1 Å². The van der Waals surface area contributed by atoms with E-state index in [1.54, 1.807) is 42.5 Å². The molecule has 1 atom stereocenters. The molecule has 28 heavy (non-hydrogen) atoms. The van der Waals surface area contributed by atoms with Crippen LogP contribution in [0.2, 0.25) is 5.02 Å². The minimum Gasteiger partial charge on any atom is -0.449 e. The van der Waals surface area contributed by atoms with E-state index in [1.165, 1.54) is 13.0 Å². The Kier molecular flexibility index (Phi) is 6.47. The Labute approximate surface area is 169 Å². The number of carbonyl (C=O) groups excluding carboxylic acids is 3. The molecule has 0 radical (unpaired) electrons. The first-order valence-electron chi connectivity index (χ1n) is 9.36. The molecule has 0 aliphatic heterocycles. The van der Waals surface area contributed by atoms with E-state index in [-0.39, 0.29) is 28.9 Å². The molecule has 0 bridgehead atoms. The topological polar surface area (TPSA) is 72.5 Å². The molecule has 1 N–H and O–H groups in total. The summed E-state index contributed by atoms with van der Waals surface area (Å²) < 4.78 is 5.33. The SMILES string of the molecule is CC(OC(=O)c1ccccc1C(=O)c1ccc(Cl)cc1)C(=O)NC1CCCC1. The molecule has 0 spiro atoms. The number of ketones is 1. The number of ether oxygens (including phenoxy) is 1. The zero-order chi connectivity index (χ0) is 20.1. The lowest BCUT2D eigenvalue weighted by Gasteiger charge is -2.17. The van der Waals surface area contributed by atoms with Gasteiger partial charge in [-0.3, -0.25) is 9.59 Å². The molecule has 1 saturated carbocycles. The third-order valence-electron chi connectivity index (χ3n) is 4.85.